The van der Waals surface area contributed by atoms with Crippen LogP contribution in [0.5, 0.6) is 0 Å². The van der Waals surface area contributed by atoms with E-state index < -0.39 is 12.3 Å². The summed E-state index contributed by atoms with van der Waals surface area (Å²) in [6.07, 6.45) is 7.28. The van der Waals surface area contributed by atoms with E-state index in [0.717, 1.165) is 36.2 Å². The Morgan fingerprint density at radius 1 is 1.00 bits per heavy atom. The minimum absolute atomic E-state index is 0.000509. The highest BCUT2D eigenvalue weighted by atomic mass is 16.7. The number of aliphatic hydroxyl groups is 1. The van der Waals surface area contributed by atoms with E-state index in [9.17, 15) is 14.7 Å². The highest BCUT2D eigenvalue weighted by Gasteiger charge is 2.34. The van der Waals surface area contributed by atoms with Gasteiger partial charge in [-0.25, -0.2) is 0 Å². The van der Waals surface area contributed by atoms with Crippen LogP contribution in [0, 0.1) is 0 Å². The lowest BCUT2D eigenvalue weighted by Gasteiger charge is -2.39. The SMILES string of the molecule is C=CCN(CC1CC(c2ccc(CO)cc2)OC(c2ccc(NC(=O)CCCC(=O)O)cc2)O1)C1CCCC1. The van der Waals surface area contributed by atoms with Crippen molar-refractivity contribution >= 4 is 17.6 Å². The van der Waals surface area contributed by atoms with Crippen LogP contribution in [-0.2, 0) is 25.7 Å². The molecular formula is C31H40N2O6. The normalized spacial score (nSPS) is 21.6. The molecule has 0 spiro atoms. The maximum atomic E-state index is 12.2. The van der Waals surface area contributed by atoms with Gasteiger partial charge in [0.05, 0.1) is 18.8 Å². The summed E-state index contributed by atoms with van der Waals surface area (Å²) < 4.78 is 13.0. The molecule has 1 saturated heterocycles. The second kappa shape index (κ2) is 14.4. The molecule has 39 heavy (non-hydrogen) atoms. The fraction of sp³-hybridized carbons (Fsp3) is 0.484. The van der Waals surface area contributed by atoms with Crippen molar-refractivity contribution in [3.05, 3.63) is 77.9 Å². The molecule has 1 aliphatic carbocycles. The fourth-order valence-electron chi connectivity index (χ4n) is 5.45. The first-order valence-electron chi connectivity index (χ1n) is 13.9. The van der Waals surface area contributed by atoms with Gasteiger partial charge in [-0.2, -0.15) is 0 Å². The van der Waals surface area contributed by atoms with Crippen LogP contribution in [0.2, 0.25) is 0 Å². The standard InChI is InChI=1S/C31H40N2O6/c1-2-18-33(26-6-3-4-7-26)20-27-19-28(23-12-10-22(21-34)11-13-23)39-31(38-27)24-14-16-25(17-15-24)32-29(35)8-5-9-30(36)37/h2,10-17,26-28,31,34H,1,3-9,18-21H2,(H,32,35)(H,36,37). The molecule has 1 saturated carbocycles. The number of anilines is 1. The molecule has 3 N–H and O–H groups in total. The zero-order valence-electron chi connectivity index (χ0n) is 22.5. The molecule has 0 radical (unpaired) electrons. The van der Waals surface area contributed by atoms with E-state index in [-0.39, 0.29) is 37.6 Å². The van der Waals surface area contributed by atoms with Crippen molar-refractivity contribution in [2.45, 2.75) is 82.5 Å². The number of benzene rings is 2. The maximum Gasteiger partial charge on any atom is 0.303 e. The van der Waals surface area contributed by atoms with E-state index in [2.05, 4.69) is 16.8 Å². The zero-order chi connectivity index (χ0) is 27.6. The summed E-state index contributed by atoms with van der Waals surface area (Å²) in [6, 6.07) is 15.8. The zero-order valence-corrected chi connectivity index (χ0v) is 22.5. The Labute approximate surface area is 230 Å². The van der Waals surface area contributed by atoms with Crippen molar-refractivity contribution in [1.82, 2.24) is 4.90 Å². The van der Waals surface area contributed by atoms with Crippen LogP contribution >= 0.6 is 0 Å². The van der Waals surface area contributed by atoms with Crippen LogP contribution in [-0.4, -0.2) is 52.2 Å². The molecule has 2 aliphatic rings. The van der Waals surface area contributed by atoms with E-state index in [1.165, 1.54) is 25.7 Å². The molecule has 1 heterocycles. The number of amides is 1. The van der Waals surface area contributed by atoms with E-state index in [1.54, 1.807) is 0 Å². The quantitative estimate of drug-likeness (QED) is 0.296. The Balaban J connectivity index is 1.47. The van der Waals surface area contributed by atoms with Crippen LogP contribution in [0.4, 0.5) is 5.69 Å². The summed E-state index contributed by atoms with van der Waals surface area (Å²) in [6.45, 7) is 5.60. The number of carbonyl (C=O) groups is 2. The molecule has 3 unspecified atom stereocenters. The monoisotopic (exact) mass is 536 g/mol. The molecule has 4 rings (SSSR count). The first-order valence-corrected chi connectivity index (χ1v) is 13.9. The van der Waals surface area contributed by atoms with E-state index in [4.69, 9.17) is 14.6 Å². The third-order valence-corrected chi connectivity index (χ3v) is 7.52. The molecular weight excluding hydrogens is 496 g/mol. The van der Waals surface area contributed by atoms with Gasteiger partial charge in [0.2, 0.25) is 5.91 Å². The van der Waals surface area contributed by atoms with Crippen molar-refractivity contribution in [2.24, 2.45) is 0 Å². The lowest BCUT2D eigenvalue weighted by Crippen LogP contribution is -2.43. The molecule has 8 nitrogen and oxygen atoms in total. The number of aliphatic carboxylic acids is 1. The van der Waals surface area contributed by atoms with E-state index in [1.807, 2.05) is 54.6 Å². The van der Waals surface area contributed by atoms with Gasteiger partial charge in [-0.3, -0.25) is 14.5 Å². The Morgan fingerprint density at radius 2 is 1.69 bits per heavy atom. The summed E-state index contributed by atoms with van der Waals surface area (Å²) in [4.78, 5) is 25.3. The molecule has 3 atom stereocenters. The van der Waals surface area contributed by atoms with Gasteiger partial charge in [0.25, 0.3) is 0 Å². The predicted octanol–water partition coefficient (Wildman–Crippen LogP) is 5.35. The molecule has 2 aromatic carbocycles. The van der Waals surface area contributed by atoms with Crippen molar-refractivity contribution < 1.29 is 29.3 Å². The number of hydrogen-bond donors (Lipinski definition) is 3. The fourth-order valence-corrected chi connectivity index (χ4v) is 5.45. The highest BCUT2D eigenvalue weighted by Crippen LogP contribution is 2.39. The van der Waals surface area contributed by atoms with Crippen LogP contribution < -0.4 is 5.32 Å². The Morgan fingerprint density at radius 3 is 2.33 bits per heavy atom. The van der Waals surface area contributed by atoms with Gasteiger partial charge in [0, 0.05) is 49.6 Å². The van der Waals surface area contributed by atoms with Crippen molar-refractivity contribution in [3.8, 4) is 0 Å². The number of nitrogens with one attached hydrogen (secondary N) is 1. The lowest BCUT2D eigenvalue weighted by molar-refractivity contribution is -0.253. The summed E-state index contributed by atoms with van der Waals surface area (Å²) in [5.74, 6) is -1.12. The van der Waals surface area contributed by atoms with Gasteiger partial charge < -0.3 is 25.0 Å². The number of aliphatic hydroxyl groups excluding tert-OH is 1. The number of carboxylic acid groups (broad SMARTS) is 1. The van der Waals surface area contributed by atoms with Gasteiger partial charge in [-0.05, 0) is 42.5 Å². The molecule has 210 valence electrons. The molecule has 1 amide bonds. The first kappa shape index (κ1) is 29.0. The number of carboxylic acids is 1. The number of rotatable bonds is 13. The van der Waals surface area contributed by atoms with Gasteiger partial charge in [-0.15, -0.1) is 6.58 Å². The molecule has 1 aliphatic heterocycles. The largest absolute Gasteiger partial charge is 0.481 e. The van der Waals surface area contributed by atoms with E-state index in [0.29, 0.717) is 18.2 Å². The third-order valence-electron chi connectivity index (χ3n) is 7.52. The average Bonchev–Trinajstić information content (AvgIpc) is 3.48. The highest BCUT2D eigenvalue weighted by molar-refractivity contribution is 5.90. The average molecular weight is 537 g/mol. The Bertz CT molecular complexity index is 1080. The number of ether oxygens (including phenoxy) is 2. The molecule has 2 aromatic rings. The molecule has 0 bridgehead atoms. The van der Waals surface area contributed by atoms with Crippen LogP contribution in [0.25, 0.3) is 0 Å². The number of carbonyl (C=O) groups excluding carboxylic acids is 1. The predicted molar refractivity (Wildman–Crippen MR) is 149 cm³/mol. The summed E-state index contributed by atoms with van der Waals surface area (Å²) in [7, 11) is 0. The summed E-state index contributed by atoms with van der Waals surface area (Å²) in [5.41, 5.74) is 3.41. The lowest BCUT2D eigenvalue weighted by atomic mass is 9.99. The topological polar surface area (TPSA) is 108 Å². The van der Waals surface area contributed by atoms with Crippen molar-refractivity contribution in [1.29, 1.82) is 0 Å². The second-order valence-electron chi connectivity index (χ2n) is 10.4. The summed E-state index contributed by atoms with van der Waals surface area (Å²) >= 11 is 0. The maximum absolute atomic E-state index is 12.2. The Hall–Kier alpha value is -3.04. The number of hydrogen-bond acceptors (Lipinski definition) is 6. The first-order chi connectivity index (χ1) is 18.9. The second-order valence-corrected chi connectivity index (χ2v) is 10.4. The minimum Gasteiger partial charge on any atom is -0.481 e. The van der Waals surface area contributed by atoms with Crippen molar-refractivity contribution in [3.63, 3.8) is 0 Å². The van der Waals surface area contributed by atoms with Crippen molar-refractivity contribution in [2.75, 3.05) is 18.4 Å². The van der Waals surface area contributed by atoms with Gasteiger partial charge in [0.1, 0.15) is 0 Å². The molecule has 8 heteroatoms. The molecule has 0 aromatic heterocycles. The smallest absolute Gasteiger partial charge is 0.303 e. The number of nitrogens with zero attached hydrogens (tertiary/aromatic N) is 1. The van der Waals surface area contributed by atoms with Crippen LogP contribution in [0.1, 0.15) is 80.5 Å². The van der Waals surface area contributed by atoms with Gasteiger partial charge >= 0.3 is 5.97 Å². The summed E-state index contributed by atoms with van der Waals surface area (Å²) in [5, 5.41) is 21.0. The minimum atomic E-state index is -0.906. The third kappa shape index (κ3) is 8.47. The van der Waals surface area contributed by atoms with Crippen LogP contribution in [0.3, 0.4) is 0 Å². The van der Waals surface area contributed by atoms with E-state index >= 15 is 0 Å². The molecule has 2 fully saturated rings. The Kier molecular flexibility index (Phi) is 10.7. The van der Waals surface area contributed by atoms with Gasteiger partial charge in [-0.1, -0.05) is 55.3 Å². The van der Waals surface area contributed by atoms with Crippen LogP contribution in [0.15, 0.2) is 61.2 Å². The van der Waals surface area contributed by atoms with Gasteiger partial charge in [0.15, 0.2) is 6.29 Å².